The van der Waals surface area contributed by atoms with Gasteiger partial charge in [-0.15, -0.1) is 0 Å². The minimum Gasteiger partial charge on any atom is -0.390 e. The van der Waals surface area contributed by atoms with E-state index in [1.165, 1.54) is 0 Å². The molecule has 8 heteroatoms. The quantitative estimate of drug-likeness (QED) is 0.442. The summed E-state index contributed by atoms with van der Waals surface area (Å²) in [5.41, 5.74) is 0. The van der Waals surface area contributed by atoms with Crippen LogP contribution in [0, 0.1) is 5.92 Å². The van der Waals surface area contributed by atoms with Crippen molar-refractivity contribution in [2.24, 2.45) is 5.92 Å². The zero-order valence-electron chi connectivity index (χ0n) is 8.40. The molecule has 15 heavy (non-hydrogen) atoms. The normalized spacial score (nSPS) is 16.5. The second-order valence-corrected chi connectivity index (χ2v) is 4.65. The van der Waals surface area contributed by atoms with Gasteiger partial charge in [0.2, 0.25) is 0 Å². The van der Waals surface area contributed by atoms with E-state index in [1.54, 1.807) is 13.8 Å². The van der Waals surface area contributed by atoms with Crippen LogP contribution in [-0.4, -0.2) is 44.6 Å². The summed E-state index contributed by atoms with van der Waals surface area (Å²) in [7, 11) is -4.73. The molecule has 2 atom stereocenters. The summed E-state index contributed by atoms with van der Waals surface area (Å²) in [6, 6.07) is 0. The van der Waals surface area contributed by atoms with Crippen LogP contribution in [-0.2, 0) is 13.9 Å². The van der Waals surface area contributed by atoms with Crippen molar-refractivity contribution in [3.63, 3.8) is 0 Å². The fourth-order valence-electron chi connectivity index (χ4n) is 0.788. The Morgan fingerprint density at radius 2 is 1.80 bits per heavy atom. The molecule has 0 radical (unpaired) electrons. The molecule has 0 rings (SSSR count). The maximum Gasteiger partial charge on any atom is 0.470 e. The SMILES string of the molecule is CC(C)[C@@H](O)[C@@H](O)C(=O)COP(=O)(O)O. The number of carbonyl (C=O) groups excluding carboxylic acids is 1. The van der Waals surface area contributed by atoms with Gasteiger partial charge in [0.15, 0.2) is 5.78 Å². The number of rotatable bonds is 6. The summed E-state index contributed by atoms with van der Waals surface area (Å²) in [5.74, 6) is -1.32. The van der Waals surface area contributed by atoms with Gasteiger partial charge in [-0.25, -0.2) is 4.57 Å². The van der Waals surface area contributed by atoms with E-state index in [9.17, 15) is 19.6 Å². The number of phosphoric ester groups is 1. The molecule has 7 nitrogen and oxygen atoms in total. The van der Waals surface area contributed by atoms with E-state index in [2.05, 4.69) is 4.52 Å². The van der Waals surface area contributed by atoms with Crippen LogP contribution in [0.5, 0.6) is 0 Å². The molecule has 0 aliphatic carbocycles. The van der Waals surface area contributed by atoms with E-state index in [4.69, 9.17) is 9.79 Å². The highest BCUT2D eigenvalue weighted by Crippen LogP contribution is 2.35. The number of Topliss-reactive ketones (excluding diaryl/α,β-unsaturated/α-hetero) is 1. The van der Waals surface area contributed by atoms with Gasteiger partial charge in [-0.3, -0.25) is 9.32 Å². The lowest BCUT2D eigenvalue weighted by atomic mass is 9.99. The third-order valence-electron chi connectivity index (χ3n) is 1.71. The van der Waals surface area contributed by atoms with Crippen molar-refractivity contribution in [1.82, 2.24) is 0 Å². The maximum absolute atomic E-state index is 11.1. The molecular formula is C7H15O7P. The molecule has 90 valence electrons. The lowest BCUT2D eigenvalue weighted by Gasteiger charge is -2.19. The van der Waals surface area contributed by atoms with E-state index in [1.807, 2.05) is 0 Å². The Hall–Kier alpha value is -0.300. The molecular weight excluding hydrogens is 227 g/mol. The number of aliphatic hydroxyl groups excluding tert-OH is 2. The van der Waals surface area contributed by atoms with Gasteiger partial charge in [0.1, 0.15) is 12.7 Å². The molecule has 0 amide bonds. The van der Waals surface area contributed by atoms with Crippen LogP contribution in [0.4, 0.5) is 0 Å². The predicted molar refractivity (Wildman–Crippen MR) is 49.9 cm³/mol. The van der Waals surface area contributed by atoms with E-state index in [0.717, 1.165) is 0 Å². The van der Waals surface area contributed by atoms with Crippen LogP contribution < -0.4 is 0 Å². The molecule has 0 spiro atoms. The summed E-state index contributed by atoms with van der Waals surface area (Å²) in [4.78, 5) is 27.6. The zero-order chi connectivity index (χ0) is 12.2. The first-order chi connectivity index (χ1) is 6.65. The Kier molecular flexibility index (Phi) is 5.58. The fourth-order valence-corrected chi connectivity index (χ4v) is 1.08. The van der Waals surface area contributed by atoms with Crippen LogP contribution in [0.25, 0.3) is 0 Å². The minimum absolute atomic E-state index is 0.348. The molecule has 0 aromatic rings. The summed E-state index contributed by atoms with van der Waals surface area (Å²) < 4.78 is 14.1. The van der Waals surface area contributed by atoms with Crippen LogP contribution >= 0.6 is 7.82 Å². The van der Waals surface area contributed by atoms with Gasteiger partial charge in [0.05, 0.1) is 6.10 Å². The number of aliphatic hydroxyl groups is 2. The van der Waals surface area contributed by atoms with Crippen molar-refractivity contribution in [2.45, 2.75) is 26.1 Å². The summed E-state index contributed by atoms with van der Waals surface area (Å²) >= 11 is 0. The number of hydrogen-bond donors (Lipinski definition) is 4. The molecule has 0 saturated heterocycles. The zero-order valence-corrected chi connectivity index (χ0v) is 9.29. The van der Waals surface area contributed by atoms with Gasteiger partial charge in [-0.1, -0.05) is 13.8 Å². The van der Waals surface area contributed by atoms with Crippen molar-refractivity contribution in [2.75, 3.05) is 6.61 Å². The molecule has 0 aliphatic rings. The second-order valence-electron chi connectivity index (χ2n) is 3.41. The predicted octanol–water partition coefficient (Wildman–Crippen LogP) is -0.957. The number of hydrogen-bond acceptors (Lipinski definition) is 5. The highest BCUT2D eigenvalue weighted by atomic mass is 31.2. The van der Waals surface area contributed by atoms with Crippen LogP contribution in [0.2, 0.25) is 0 Å². The van der Waals surface area contributed by atoms with Gasteiger partial charge >= 0.3 is 7.82 Å². The summed E-state index contributed by atoms with van der Waals surface area (Å²) in [6.07, 6.45) is -2.98. The Morgan fingerprint density at radius 3 is 2.13 bits per heavy atom. The molecule has 0 aromatic heterocycles. The number of phosphoric acid groups is 1. The third-order valence-corrected chi connectivity index (χ3v) is 2.18. The largest absolute Gasteiger partial charge is 0.470 e. The van der Waals surface area contributed by atoms with E-state index < -0.39 is 32.4 Å². The van der Waals surface area contributed by atoms with Gasteiger partial charge in [-0.05, 0) is 5.92 Å². The highest BCUT2D eigenvalue weighted by Gasteiger charge is 2.28. The highest BCUT2D eigenvalue weighted by molar-refractivity contribution is 7.46. The van der Waals surface area contributed by atoms with Crippen LogP contribution in [0.1, 0.15) is 13.8 Å². The first kappa shape index (κ1) is 14.7. The van der Waals surface area contributed by atoms with Crippen molar-refractivity contribution in [3.8, 4) is 0 Å². The molecule has 0 fully saturated rings. The average molecular weight is 242 g/mol. The van der Waals surface area contributed by atoms with Gasteiger partial charge in [0, 0.05) is 0 Å². The smallest absolute Gasteiger partial charge is 0.390 e. The van der Waals surface area contributed by atoms with Crippen LogP contribution in [0.3, 0.4) is 0 Å². The topological polar surface area (TPSA) is 124 Å². The Bertz CT molecular complexity index is 258. The first-order valence-corrected chi connectivity index (χ1v) is 5.77. The molecule has 0 unspecified atom stereocenters. The molecule has 4 N–H and O–H groups in total. The second kappa shape index (κ2) is 5.69. The van der Waals surface area contributed by atoms with E-state index >= 15 is 0 Å². The number of carbonyl (C=O) groups is 1. The molecule has 0 aromatic carbocycles. The lowest BCUT2D eigenvalue weighted by molar-refractivity contribution is -0.137. The molecule has 0 saturated carbocycles. The van der Waals surface area contributed by atoms with Crippen molar-refractivity contribution in [1.29, 1.82) is 0 Å². The first-order valence-electron chi connectivity index (χ1n) is 4.24. The molecule has 0 bridgehead atoms. The van der Waals surface area contributed by atoms with Crippen molar-refractivity contribution < 1.29 is 33.9 Å². The number of ketones is 1. The van der Waals surface area contributed by atoms with Gasteiger partial charge < -0.3 is 20.0 Å². The molecule has 0 heterocycles. The Labute approximate surface area is 86.9 Å². The van der Waals surface area contributed by atoms with Crippen LogP contribution in [0.15, 0.2) is 0 Å². The van der Waals surface area contributed by atoms with E-state index in [0.29, 0.717) is 0 Å². The van der Waals surface area contributed by atoms with Crippen molar-refractivity contribution in [3.05, 3.63) is 0 Å². The molecule has 0 aliphatic heterocycles. The Morgan fingerprint density at radius 1 is 1.33 bits per heavy atom. The van der Waals surface area contributed by atoms with E-state index in [-0.39, 0.29) is 5.92 Å². The maximum atomic E-state index is 11.1. The fraction of sp³-hybridized carbons (Fsp3) is 0.857. The Balaban J connectivity index is 4.17. The van der Waals surface area contributed by atoms with Gasteiger partial charge in [-0.2, -0.15) is 0 Å². The monoisotopic (exact) mass is 242 g/mol. The lowest BCUT2D eigenvalue weighted by Crippen LogP contribution is -2.39. The average Bonchev–Trinajstić information content (AvgIpc) is 2.10. The van der Waals surface area contributed by atoms with Gasteiger partial charge in [0.25, 0.3) is 0 Å². The standard InChI is InChI=1S/C7H15O7P/c1-4(2)6(9)7(10)5(8)3-14-15(11,12)13/h4,6-7,9-10H,3H2,1-2H3,(H2,11,12,13)/t6-,7+/m1/s1. The summed E-state index contributed by atoms with van der Waals surface area (Å²) in [6.45, 7) is 2.24. The third kappa shape index (κ3) is 5.99. The van der Waals surface area contributed by atoms with Crippen molar-refractivity contribution >= 4 is 13.6 Å². The summed E-state index contributed by atoms with van der Waals surface area (Å²) in [5, 5.41) is 18.5. The minimum atomic E-state index is -4.73.